The van der Waals surface area contributed by atoms with Crippen LogP contribution in [0, 0.1) is 13.8 Å². The molecule has 0 radical (unpaired) electrons. The minimum atomic E-state index is -2.58. The van der Waals surface area contributed by atoms with Gasteiger partial charge in [0.2, 0.25) is 0 Å². The number of hydrogen-bond donors (Lipinski definition) is 1. The summed E-state index contributed by atoms with van der Waals surface area (Å²) in [6, 6.07) is 0. The third-order valence-corrected chi connectivity index (χ3v) is 1.76. The van der Waals surface area contributed by atoms with Crippen molar-refractivity contribution in [2.45, 2.75) is 20.3 Å². The van der Waals surface area contributed by atoms with Gasteiger partial charge >= 0.3 is 0 Å². The van der Waals surface area contributed by atoms with Crippen LogP contribution >= 0.6 is 0 Å². The van der Waals surface area contributed by atoms with Crippen molar-refractivity contribution in [2.75, 3.05) is 0 Å². The molecule has 1 aromatic heterocycles. The molecule has 0 aliphatic rings. The van der Waals surface area contributed by atoms with Crippen LogP contribution in [0.25, 0.3) is 0 Å². The maximum absolute atomic E-state index is 12.2. The third-order valence-electron chi connectivity index (χ3n) is 1.76. The molecule has 0 atom stereocenters. The maximum atomic E-state index is 12.2. The molecule has 1 aromatic rings. The zero-order chi connectivity index (χ0) is 9.30. The van der Waals surface area contributed by atoms with Crippen molar-refractivity contribution in [3.63, 3.8) is 0 Å². The summed E-state index contributed by atoms with van der Waals surface area (Å²) in [5.41, 5.74) is 0.368. The number of alkyl halides is 2. The Morgan fingerprint density at radius 1 is 1.42 bits per heavy atom. The highest BCUT2D eigenvalue weighted by molar-refractivity contribution is 5.39. The van der Waals surface area contributed by atoms with Gasteiger partial charge in [0.15, 0.2) is 0 Å². The van der Waals surface area contributed by atoms with Crippen LogP contribution in [0.2, 0.25) is 0 Å². The quantitative estimate of drug-likeness (QED) is 0.707. The Labute approximate surface area is 68.9 Å². The van der Waals surface area contributed by atoms with Crippen LogP contribution in [0.4, 0.5) is 8.78 Å². The average Bonchev–Trinajstić information content (AvgIpc) is 2.00. The van der Waals surface area contributed by atoms with E-state index in [2.05, 4.69) is 4.98 Å². The van der Waals surface area contributed by atoms with Gasteiger partial charge in [-0.3, -0.25) is 4.98 Å². The van der Waals surface area contributed by atoms with Gasteiger partial charge in [0, 0.05) is 17.3 Å². The molecule has 66 valence electrons. The first-order valence-electron chi connectivity index (χ1n) is 3.47. The lowest BCUT2D eigenvalue weighted by atomic mass is 10.1. The first-order valence-corrected chi connectivity index (χ1v) is 3.47. The molecule has 12 heavy (non-hydrogen) atoms. The van der Waals surface area contributed by atoms with Gasteiger partial charge in [-0.1, -0.05) is 0 Å². The summed E-state index contributed by atoms with van der Waals surface area (Å²) in [6.07, 6.45) is -1.49. The van der Waals surface area contributed by atoms with E-state index in [1.54, 1.807) is 6.92 Å². The van der Waals surface area contributed by atoms with Crippen LogP contribution < -0.4 is 0 Å². The van der Waals surface area contributed by atoms with Crippen molar-refractivity contribution in [1.29, 1.82) is 0 Å². The van der Waals surface area contributed by atoms with Crippen LogP contribution in [-0.4, -0.2) is 10.1 Å². The fraction of sp³-hybridized carbons (Fsp3) is 0.375. The number of aromatic hydroxyl groups is 1. The number of aromatic nitrogens is 1. The average molecular weight is 173 g/mol. The highest BCUT2D eigenvalue weighted by atomic mass is 19.3. The second-order valence-corrected chi connectivity index (χ2v) is 2.57. The molecule has 1 N–H and O–H groups in total. The Morgan fingerprint density at radius 2 is 2.00 bits per heavy atom. The lowest BCUT2D eigenvalue weighted by Gasteiger charge is -2.07. The van der Waals surface area contributed by atoms with E-state index in [4.69, 9.17) is 0 Å². The number of halogens is 2. The second kappa shape index (κ2) is 3.05. The van der Waals surface area contributed by atoms with E-state index in [0.29, 0.717) is 5.69 Å². The molecule has 4 heteroatoms. The topological polar surface area (TPSA) is 33.1 Å². The molecular weight excluding hydrogens is 164 g/mol. The number of aryl methyl sites for hydroxylation is 1. The SMILES string of the molecule is Cc1ncc(C(F)F)c(C)c1O. The number of hydrogen-bond acceptors (Lipinski definition) is 2. The summed E-state index contributed by atoms with van der Waals surface area (Å²) >= 11 is 0. The third kappa shape index (κ3) is 1.37. The van der Waals surface area contributed by atoms with Crippen molar-refractivity contribution in [3.8, 4) is 5.75 Å². The molecule has 0 fully saturated rings. The Morgan fingerprint density at radius 3 is 2.50 bits per heavy atom. The van der Waals surface area contributed by atoms with Gasteiger partial charge in [0.25, 0.3) is 6.43 Å². The minimum Gasteiger partial charge on any atom is -0.506 e. The van der Waals surface area contributed by atoms with E-state index in [-0.39, 0.29) is 16.9 Å². The predicted octanol–water partition coefficient (Wildman–Crippen LogP) is 2.34. The van der Waals surface area contributed by atoms with Gasteiger partial charge in [-0.2, -0.15) is 0 Å². The summed E-state index contributed by atoms with van der Waals surface area (Å²) < 4.78 is 24.4. The molecule has 0 aromatic carbocycles. The molecular formula is C8H9F2NO. The van der Waals surface area contributed by atoms with Crippen LogP contribution in [0.1, 0.15) is 23.2 Å². The molecule has 2 nitrogen and oxygen atoms in total. The first-order chi connectivity index (χ1) is 5.54. The fourth-order valence-corrected chi connectivity index (χ4v) is 0.952. The normalized spacial score (nSPS) is 10.8. The van der Waals surface area contributed by atoms with Crippen molar-refractivity contribution in [1.82, 2.24) is 4.98 Å². The molecule has 0 aliphatic carbocycles. The lowest BCUT2D eigenvalue weighted by molar-refractivity contribution is 0.149. The lowest BCUT2D eigenvalue weighted by Crippen LogP contribution is -1.94. The molecule has 0 aliphatic heterocycles. The van der Waals surface area contributed by atoms with Gasteiger partial charge in [-0.05, 0) is 13.8 Å². The Balaban J connectivity index is 3.27. The highest BCUT2D eigenvalue weighted by Gasteiger charge is 2.14. The fourth-order valence-electron chi connectivity index (χ4n) is 0.952. The standard InChI is InChI=1S/C8H9F2NO/c1-4-6(8(9)10)3-11-5(2)7(4)12/h3,8,12H,1-2H3. The van der Waals surface area contributed by atoms with Gasteiger partial charge in [-0.15, -0.1) is 0 Å². The largest absolute Gasteiger partial charge is 0.506 e. The molecule has 0 unspecified atom stereocenters. The highest BCUT2D eigenvalue weighted by Crippen LogP contribution is 2.28. The first kappa shape index (κ1) is 8.90. The van der Waals surface area contributed by atoms with Crippen LogP contribution in [0.3, 0.4) is 0 Å². The van der Waals surface area contributed by atoms with Gasteiger partial charge in [0.05, 0.1) is 5.69 Å². The van der Waals surface area contributed by atoms with Gasteiger partial charge in [0.1, 0.15) is 5.75 Å². The molecule has 0 saturated heterocycles. The van der Waals surface area contributed by atoms with E-state index in [1.165, 1.54) is 6.92 Å². The van der Waals surface area contributed by atoms with Gasteiger partial charge in [-0.25, -0.2) is 8.78 Å². The summed E-state index contributed by atoms with van der Waals surface area (Å²) in [5, 5.41) is 9.24. The van der Waals surface area contributed by atoms with E-state index >= 15 is 0 Å². The number of rotatable bonds is 1. The Kier molecular flexibility index (Phi) is 2.26. The number of nitrogens with zero attached hydrogens (tertiary/aromatic N) is 1. The van der Waals surface area contributed by atoms with E-state index < -0.39 is 6.43 Å². The van der Waals surface area contributed by atoms with Crippen molar-refractivity contribution >= 4 is 0 Å². The van der Waals surface area contributed by atoms with Gasteiger partial charge < -0.3 is 5.11 Å². The van der Waals surface area contributed by atoms with E-state index in [1.807, 2.05) is 0 Å². The predicted molar refractivity (Wildman–Crippen MR) is 40.3 cm³/mol. The van der Waals surface area contributed by atoms with Crippen LogP contribution in [0.5, 0.6) is 5.75 Å². The minimum absolute atomic E-state index is 0.146. The molecule has 0 amide bonds. The Bertz CT molecular complexity index is 299. The molecule has 0 bridgehead atoms. The summed E-state index contributed by atoms with van der Waals surface area (Å²) in [6.45, 7) is 3.02. The van der Waals surface area contributed by atoms with Crippen LogP contribution in [-0.2, 0) is 0 Å². The van der Waals surface area contributed by atoms with E-state index in [9.17, 15) is 13.9 Å². The Hall–Kier alpha value is -1.19. The maximum Gasteiger partial charge on any atom is 0.265 e. The number of pyridine rings is 1. The zero-order valence-electron chi connectivity index (χ0n) is 6.81. The monoisotopic (exact) mass is 173 g/mol. The summed E-state index contributed by atoms with van der Waals surface area (Å²) in [4.78, 5) is 3.63. The summed E-state index contributed by atoms with van der Waals surface area (Å²) in [7, 11) is 0. The molecule has 1 rings (SSSR count). The van der Waals surface area contributed by atoms with Crippen molar-refractivity contribution in [3.05, 3.63) is 23.0 Å². The zero-order valence-corrected chi connectivity index (χ0v) is 6.81. The molecule has 1 heterocycles. The smallest absolute Gasteiger partial charge is 0.265 e. The van der Waals surface area contributed by atoms with Crippen LogP contribution in [0.15, 0.2) is 6.20 Å². The molecule has 0 spiro atoms. The molecule has 0 saturated carbocycles. The van der Waals surface area contributed by atoms with Crippen molar-refractivity contribution < 1.29 is 13.9 Å². The second-order valence-electron chi connectivity index (χ2n) is 2.57. The van der Waals surface area contributed by atoms with Crippen molar-refractivity contribution in [2.24, 2.45) is 0 Å². The summed E-state index contributed by atoms with van der Waals surface area (Å²) in [5.74, 6) is -0.146. The van der Waals surface area contributed by atoms with E-state index in [0.717, 1.165) is 6.20 Å².